The predicted octanol–water partition coefficient (Wildman–Crippen LogP) is 3.35. The van der Waals surface area contributed by atoms with E-state index in [2.05, 4.69) is 20.3 Å². The quantitative estimate of drug-likeness (QED) is 0.768. The van der Waals surface area contributed by atoms with Gasteiger partial charge in [-0.15, -0.1) is 0 Å². The third kappa shape index (κ3) is 2.94. The van der Waals surface area contributed by atoms with E-state index < -0.39 is 5.97 Å². The lowest BCUT2D eigenvalue weighted by Crippen LogP contribution is -1.94. The molecule has 0 aliphatic heterocycles. The monoisotopic (exact) mass is 312 g/mol. The molecule has 2 N–H and O–H groups in total. The van der Waals surface area contributed by atoms with Gasteiger partial charge in [-0.25, -0.2) is 14.8 Å². The number of aromatic nitrogens is 3. The predicted molar refractivity (Wildman–Crippen MR) is 84.6 cm³/mol. The lowest BCUT2D eigenvalue weighted by atomic mass is 10.1. The van der Waals surface area contributed by atoms with Crippen molar-refractivity contribution >= 4 is 28.3 Å². The highest BCUT2D eigenvalue weighted by atomic mass is 32.1. The van der Waals surface area contributed by atoms with Crippen LogP contribution in [0.25, 0.3) is 10.4 Å². The summed E-state index contributed by atoms with van der Waals surface area (Å²) in [7, 11) is 0. The summed E-state index contributed by atoms with van der Waals surface area (Å²) in [6.07, 6.45) is 4.83. The highest BCUT2D eigenvalue weighted by molar-refractivity contribution is 7.19. The van der Waals surface area contributed by atoms with Gasteiger partial charge in [0, 0.05) is 12.4 Å². The Morgan fingerprint density at radius 1 is 1.23 bits per heavy atom. The van der Waals surface area contributed by atoms with Gasteiger partial charge < -0.3 is 10.4 Å². The minimum absolute atomic E-state index is 0.267. The molecule has 0 saturated carbocycles. The highest BCUT2D eigenvalue weighted by Gasteiger charge is 2.11. The van der Waals surface area contributed by atoms with Crippen molar-refractivity contribution in [2.45, 2.75) is 6.92 Å². The van der Waals surface area contributed by atoms with Crippen LogP contribution >= 0.6 is 11.3 Å². The van der Waals surface area contributed by atoms with E-state index in [1.165, 1.54) is 11.3 Å². The van der Waals surface area contributed by atoms with Gasteiger partial charge in [0.15, 0.2) is 10.9 Å². The zero-order valence-electron chi connectivity index (χ0n) is 11.6. The first-order chi connectivity index (χ1) is 10.6. The minimum Gasteiger partial charge on any atom is -0.478 e. The lowest BCUT2D eigenvalue weighted by Gasteiger charge is -2.00. The van der Waals surface area contributed by atoms with Gasteiger partial charge in [0.25, 0.3) is 0 Å². The van der Waals surface area contributed by atoms with E-state index in [1.54, 1.807) is 42.9 Å². The van der Waals surface area contributed by atoms with Crippen LogP contribution in [0.15, 0.2) is 42.9 Å². The fourth-order valence-electron chi connectivity index (χ4n) is 1.96. The number of carbonyl (C=O) groups is 1. The van der Waals surface area contributed by atoms with Crippen molar-refractivity contribution in [1.29, 1.82) is 0 Å². The number of aryl methyl sites for hydroxylation is 1. The first-order valence-corrected chi connectivity index (χ1v) is 7.29. The average Bonchev–Trinajstić information content (AvgIpc) is 2.89. The number of nitrogens with zero attached hydrogens (tertiary/aromatic N) is 3. The Balaban J connectivity index is 1.87. The summed E-state index contributed by atoms with van der Waals surface area (Å²) >= 11 is 1.48. The zero-order chi connectivity index (χ0) is 15.5. The largest absolute Gasteiger partial charge is 0.478 e. The topological polar surface area (TPSA) is 88.0 Å². The van der Waals surface area contributed by atoms with Gasteiger partial charge in [-0.3, -0.25) is 4.98 Å². The second kappa shape index (κ2) is 5.90. The van der Waals surface area contributed by atoms with Gasteiger partial charge in [-0.05, 0) is 24.6 Å². The van der Waals surface area contributed by atoms with Gasteiger partial charge in [-0.2, -0.15) is 0 Å². The second-order valence-corrected chi connectivity index (χ2v) is 5.53. The van der Waals surface area contributed by atoms with Gasteiger partial charge in [0.2, 0.25) is 0 Å². The summed E-state index contributed by atoms with van der Waals surface area (Å²) in [5.74, 6) is -0.304. The van der Waals surface area contributed by atoms with Crippen molar-refractivity contribution in [2.75, 3.05) is 5.32 Å². The number of anilines is 2. The molecule has 0 radical (unpaired) electrons. The van der Waals surface area contributed by atoms with E-state index in [-0.39, 0.29) is 5.56 Å². The van der Waals surface area contributed by atoms with Crippen LogP contribution < -0.4 is 5.32 Å². The maximum atomic E-state index is 10.9. The molecule has 0 atom stereocenters. The first kappa shape index (κ1) is 14.2. The van der Waals surface area contributed by atoms with Crippen LogP contribution in [-0.2, 0) is 0 Å². The number of benzene rings is 1. The summed E-state index contributed by atoms with van der Waals surface area (Å²) in [4.78, 5) is 24.5. The molecule has 110 valence electrons. The normalized spacial score (nSPS) is 10.4. The molecule has 0 aliphatic rings. The Morgan fingerprint density at radius 3 is 2.64 bits per heavy atom. The molecular formula is C15H12N4O2S. The van der Waals surface area contributed by atoms with E-state index in [0.29, 0.717) is 5.82 Å². The number of rotatable bonds is 4. The fourth-order valence-corrected chi connectivity index (χ4v) is 2.93. The summed E-state index contributed by atoms with van der Waals surface area (Å²) in [6.45, 7) is 1.92. The minimum atomic E-state index is -0.933. The van der Waals surface area contributed by atoms with Gasteiger partial charge >= 0.3 is 5.97 Å². The molecular weight excluding hydrogens is 300 g/mol. The summed E-state index contributed by atoms with van der Waals surface area (Å²) in [5, 5.41) is 12.8. The molecule has 0 unspecified atom stereocenters. The van der Waals surface area contributed by atoms with Gasteiger partial charge in [0.1, 0.15) is 0 Å². The molecule has 3 aromatic rings. The number of aromatic carboxylic acids is 1. The molecule has 22 heavy (non-hydrogen) atoms. The van der Waals surface area contributed by atoms with Gasteiger partial charge in [0.05, 0.1) is 22.3 Å². The Kier molecular flexibility index (Phi) is 3.80. The maximum absolute atomic E-state index is 10.9. The van der Waals surface area contributed by atoms with Crippen LogP contribution in [0.1, 0.15) is 16.1 Å². The summed E-state index contributed by atoms with van der Waals surface area (Å²) < 4.78 is 0. The Bertz CT molecular complexity index is 800. The standard InChI is InChI=1S/C15H12N4O2S/c1-9-13(10-2-4-11(5-3-10)14(20)21)22-15(18-9)19-12-8-16-6-7-17-12/h2-8H,1H3,(H,20,21)(H,17,18,19). The molecule has 7 heteroatoms. The average molecular weight is 312 g/mol. The fraction of sp³-hybridized carbons (Fsp3) is 0.0667. The third-order valence-electron chi connectivity index (χ3n) is 2.99. The zero-order valence-corrected chi connectivity index (χ0v) is 12.5. The van der Waals surface area contributed by atoms with Gasteiger partial charge in [-0.1, -0.05) is 23.5 Å². The van der Waals surface area contributed by atoms with Crippen LogP contribution in [0.3, 0.4) is 0 Å². The molecule has 0 spiro atoms. The Hall–Kier alpha value is -2.80. The summed E-state index contributed by atoms with van der Waals surface area (Å²) in [6, 6.07) is 6.76. The van der Waals surface area contributed by atoms with E-state index in [0.717, 1.165) is 21.3 Å². The molecule has 0 fully saturated rings. The van der Waals surface area contributed by atoms with Crippen molar-refractivity contribution in [3.05, 3.63) is 54.1 Å². The molecule has 2 heterocycles. The molecule has 3 rings (SSSR count). The molecule has 0 saturated heterocycles. The molecule has 6 nitrogen and oxygen atoms in total. The van der Waals surface area contributed by atoms with E-state index >= 15 is 0 Å². The lowest BCUT2D eigenvalue weighted by molar-refractivity contribution is 0.0697. The maximum Gasteiger partial charge on any atom is 0.335 e. The smallest absolute Gasteiger partial charge is 0.335 e. The first-order valence-electron chi connectivity index (χ1n) is 6.47. The highest BCUT2D eigenvalue weighted by Crippen LogP contribution is 2.33. The van der Waals surface area contributed by atoms with Crippen molar-refractivity contribution in [3.63, 3.8) is 0 Å². The van der Waals surface area contributed by atoms with Crippen LogP contribution in [0.2, 0.25) is 0 Å². The Morgan fingerprint density at radius 2 is 2.00 bits per heavy atom. The van der Waals surface area contributed by atoms with E-state index in [4.69, 9.17) is 5.11 Å². The van der Waals surface area contributed by atoms with E-state index in [1.807, 2.05) is 6.92 Å². The van der Waals surface area contributed by atoms with Crippen molar-refractivity contribution in [2.24, 2.45) is 0 Å². The molecule has 0 bridgehead atoms. The van der Waals surface area contributed by atoms with Crippen LogP contribution in [0.5, 0.6) is 0 Å². The van der Waals surface area contributed by atoms with Crippen LogP contribution in [-0.4, -0.2) is 26.0 Å². The van der Waals surface area contributed by atoms with Crippen molar-refractivity contribution < 1.29 is 9.90 Å². The van der Waals surface area contributed by atoms with Crippen LogP contribution in [0.4, 0.5) is 10.9 Å². The second-order valence-electron chi connectivity index (χ2n) is 4.53. The number of nitrogens with one attached hydrogen (secondary N) is 1. The summed E-state index contributed by atoms with van der Waals surface area (Å²) in [5.41, 5.74) is 2.08. The number of hydrogen-bond donors (Lipinski definition) is 2. The number of carboxylic acids is 1. The van der Waals surface area contributed by atoms with E-state index in [9.17, 15) is 4.79 Å². The molecule has 2 aromatic heterocycles. The Labute approximate surface area is 130 Å². The third-order valence-corrected chi connectivity index (χ3v) is 4.11. The van der Waals surface area contributed by atoms with Crippen molar-refractivity contribution in [3.8, 4) is 10.4 Å². The van der Waals surface area contributed by atoms with Crippen molar-refractivity contribution in [1.82, 2.24) is 15.0 Å². The number of hydrogen-bond acceptors (Lipinski definition) is 6. The molecule has 1 aromatic carbocycles. The molecule has 0 amide bonds. The number of carboxylic acid groups (broad SMARTS) is 1. The van der Waals surface area contributed by atoms with Crippen LogP contribution in [0, 0.1) is 6.92 Å². The SMILES string of the molecule is Cc1nc(Nc2cnccn2)sc1-c1ccc(C(=O)O)cc1. The molecule has 0 aliphatic carbocycles. The number of thiazole rings is 1.